The van der Waals surface area contributed by atoms with Crippen LogP contribution in [-0.4, -0.2) is 33.3 Å². The standard InChI is InChI=1S/C8H7ClINO6S2/c9-19(16,17)4-3-18(14,15)8-2-1-6(11(12)13)5-7(8)10/h1-2,5H,3-4H2. The maximum absolute atomic E-state index is 11.9. The van der Waals surface area contributed by atoms with Gasteiger partial charge in [-0.15, -0.1) is 0 Å². The zero-order valence-electron chi connectivity index (χ0n) is 9.12. The molecule has 0 aliphatic rings. The van der Waals surface area contributed by atoms with E-state index in [1.165, 1.54) is 0 Å². The molecule has 7 nitrogen and oxygen atoms in total. The summed E-state index contributed by atoms with van der Waals surface area (Å²) >= 11 is 1.64. The minimum Gasteiger partial charge on any atom is -0.258 e. The van der Waals surface area contributed by atoms with Crippen molar-refractivity contribution in [3.8, 4) is 0 Å². The van der Waals surface area contributed by atoms with Crippen molar-refractivity contribution < 1.29 is 21.8 Å². The van der Waals surface area contributed by atoms with Gasteiger partial charge in [0, 0.05) is 26.4 Å². The maximum atomic E-state index is 11.9. The number of hydrogen-bond acceptors (Lipinski definition) is 6. The molecule has 0 aromatic heterocycles. The summed E-state index contributed by atoms with van der Waals surface area (Å²) in [7, 11) is -2.83. The predicted molar refractivity (Wildman–Crippen MR) is 77.5 cm³/mol. The van der Waals surface area contributed by atoms with Crippen LogP contribution in [0, 0.1) is 13.7 Å². The Bertz CT molecular complexity index is 715. The largest absolute Gasteiger partial charge is 0.270 e. The van der Waals surface area contributed by atoms with Crippen molar-refractivity contribution in [3.05, 3.63) is 31.9 Å². The maximum Gasteiger partial charge on any atom is 0.270 e. The smallest absolute Gasteiger partial charge is 0.258 e. The SMILES string of the molecule is O=[N+]([O-])c1ccc(S(=O)(=O)CCS(=O)(=O)Cl)c(I)c1. The van der Waals surface area contributed by atoms with Gasteiger partial charge in [0.05, 0.1) is 21.3 Å². The highest BCUT2D eigenvalue weighted by Crippen LogP contribution is 2.24. The van der Waals surface area contributed by atoms with Crippen molar-refractivity contribution in [1.82, 2.24) is 0 Å². The van der Waals surface area contributed by atoms with Crippen molar-refractivity contribution in [2.24, 2.45) is 0 Å². The van der Waals surface area contributed by atoms with E-state index in [-0.39, 0.29) is 14.2 Å². The molecule has 0 heterocycles. The third-order valence-electron chi connectivity index (χ3n) is 2.06. The number of nitrogens with zero attached hydrogens (tertiary/aromatic N) is 1. The van der Waals surface area contributed by atoms with E-state index in [1.54, 1.807) is 22.6 Å². The Kier molecular flexibility index (Phi) is 5.15. The fraction of sp³-hybridized carbons (Fsp3) is 0.250. The van der Waals surface area contributed by atoms with E-state index < -0.39 is 35.3 Å². The predicted octanol–water partition coefficient (Wildman–Crippen LogP) is 1.54. The molecule has 0 aliphatic heterocycles. The quantitative estimate of drug-likeness (QED) is 0.298. The Morgan fingerprint density at radius 3 is 2.21 bits per heavy atom. The van der Waals surface area contributed by atoms with Gasteiger partial charge in [-0.2, -0.15) is 0 Å². The second-order valence-electron chi connectivity index (χ2n) is 3.43. The molecule has 0 bridgehead atoms. The molecule has 0 saturated carbocycles. The summed E-state index contributed by atoms with van der Waals surface area (Å²) in [6, 6.07) is 3.23. The number of halogens is 2. The number of sulfone groups is 1. The molecule has 0 spiro atoms. The van der Waals surface area contributed by atoms with Crippen LogP contribution in [0.1, 0.15) is 0 Å². The van der Waals surface area contributed by atoms with E-state index in [2.05, 4.69) is 0 Å². The molecule has 1 aromatic carbocycles. The first kappa shape index (κ1) is 16.6. The molecule has 0 N–H and O–H groups in total. The van der Waals surface area contributed by atoms with Crippen molar-refractivity contribution in [2.75, 3.05) is 11.5 Å². The molecule has 0 saturated heterocycles. The van der Waals surface area contributed by atoms with E-state index in [4.69, 9.17) is 10.7 Å². The summed E-state index contributed by atoms with van der Waals surface area (Å²) in [5.41, 5.74) is -0.242. The third kappa shape index (κ3) is 4.85. The highest BCUT2D eigenvalue weighted by atomic mass is 127. The van der Waals surface area contributed by atoms with Crippen molar-refractivity contribution in [1.29, 1.82) is 0 Å². The van der Waals surface area contributed by atoms with Crippen molar-refractivity contribution in [2.45, 2.75) is 4.90 Å². The van der Waals surface area contributed by atoms with Crippen LogP contribution in [0.3, 0.4) is 0 Å². The van der Waals surface area contributed by atoms with Gasteiger partial charge in [-0.1, -0.05) is 0 Å². The molecule has 11 heteroatoms. The second kappa shape index (κ2) is 5.89. The van der Waals surface area contributed by atoms with Gasteiger partial charge in [0.2, 0.25) is 9.05 Å². The number of nitro benzene ring substituents is 1. The Hall–Kier alpha value is -0.460. The lowest BCUT2D eigenvalue weighted by Crippen LogP contribution is -2.15. The topological polar surface area (TPSA) is 111 Å². The highest BCUT2D eigenvalue weighted by molar-refractivity contribution is 14.1. The van der Waals surface area contributed by atoms with Crippen LogP contribution in [0.2, 0.25) is 0 Å². The minimum atomic E-state index is -3.92. The Morgan fingerprint density at radius 1 is 1.21 bits per heavy atom. The average Bonchev–Trinajstić information content (AvgIpc) is 2.25. The van der Waals surface area contributed by atoms with Crippen LogP contribution in [0.25, 0.3) is 0 Å². The van der Waals surface area contributed by atoms with E-state index >= 15 is 0 Å². The zero-order valence-corrected chi connectivity index (χ0v) is 13.7. The number of hydrogen-bond donors (Lipinski definition) is 0. The molecule has 106 valence electrons. The second-order valence-corrected chi connectivity index (χ2v) is 9.57. The first-order chi connectivity index (χ1) is 8.53. The zero-order chi connectivity index (χ0) is 14.8. The van der Waals surface area contributed by atoms with Gasteiger partial charge in [0.1, 0.15) is 0 Å². The van der Waals surface area contributed by atoms with Gasteiger partial charge in [-0.05, 0) is 28.7 Å². The van der Waals surface area contributed by atoms with Gasteiger partial charge < -0.3 is 0 Å². The minimum absolute atomic E-state index is 0.152. The van der Waals surface area contributed by atoms with E-state index in [0.717, 1.165) is 18.2 Å². The molecular formula is C8H7ClINO6S2. The van der Waals surface area contributed by atoms with Crippen LogP contribution in [0.4, 0.5) is 5.69 Å². The van der Waals surface area contributed by atoms with E-state index in [1.807, 2.05) is 0 Å². The fourth-order valence-corrected chi connectivity index (χ4v) is 5.77. The Labute approximate surface area is 127 Å². The Morgan fingerprint density at radius 2 is 1.79 bits per heavy atom. The van der Waals surface area contributed by atoms with Gasteiger partial charge in [0.25, 0.3) is 5.69 Å². The molecule has 0 unspecified atom stereocenters. The summed E-state index contributed by atoms with van der Waals surface area (Å²) in [6.07, 6.45) is 0. The lowest BCUT2D eigenvalue weighted by Gasteiger charge is -2.05. The van der Waals surface area contributed by atoms with Crippen LogP contribution < -0.4 is 0 Å². The molecule has 0 fully saturated rings. The van der Waals surface area contributed by atoms with Crippen LogP contribution in [0.5, 0.6) is 0 Å². The molecule has 19 heavy (non-hydrogen) atoms. The highest BCUT2D eigenvalue weighted by Gasteiger charge is 2.22. The molecule has 0 atom stereocenters. The van der Waals surface area contributed by atoms with E-state index in [0.29, 0.717) is 0 Å². The summed E-state index contributed by atoms with van der Waals surface area (Å²) in [4.78, 5) is 9.72. The monoisotopic (exact) mass is 439 g/mol. The van der Waals surface area contributed by atoms with Gasteiger partial charge in [-0.3, -0.25) is 10.1 Å². The van der Waals surface area contributed by atoms with Gasteiger partial charge in [0.15, 0.2) is 9.84 Å². The molecule has 1 aromatic rings. The molecule has 0 aliphatic carbocycles. The van der Waals surface area contributed by atoms with Crippen LogP contribution in [0.15, 0.2) is 23.1 Å². The molecule has 0 amide bonds. The van der Waals surface area contributed by atoms with Gasteiger partial charge >= 0.3 is 0 Å². The van der Waals surface area contributed by atoms with Gasteiger partial charge in [-0.25, -0.2) is 16.8 Å². The number of rotatable bonds is 5. The Balaban J connectivity index is 3.12. The summed E-state index contributed by atoms with van der Waals surface area (Å²) in [6.45, 7) is 0. The van der Waals surface area contributed by atoms with Crippen LogP contribution in [-0.2, 0) is 18.9 Å². The van der Waals surface area contributed by atoms with Crippen molar-refractivity contribution in [3.63, 3.8) is 0 Å². The lowest BCUT2D eigenvalue weighted by atomic mass is 10.3. The van der Waals surface area contributed by atoms with Crippen LogP contribution >= 0.6 is 33.3 Å². The third-order valence-corrected chi connectivity index (χ3v) is 6.50. The summed E-state index contributed by atoms with van der Waals surface area (Å²) < 4.78 is 45.4. The number of nitro groups is 1. The normalized spacial score (nSPS) is 12.3. The average molecular weight is 440 g/mol. The first-order valence-corrected chi connectivity index (χ1v) is 9.83. The van der Waals surface area contributed by atoms with Crippen molar-refractivity contribution >= 4 is 57.8 Å². The lowest BCUT2D eigenvalue weighted by molar-refractivity contribution is -0.385. The first-order valence-electron chi connectivity index (χ1n) is 4.62. The number of non-ortho nitro benzene ring substituents is 1. The van der Waals surface area contributed by atoms with E-state index in [9.17, 15) is 26.9 Å². The molecule has 0 radical (unpaired) electrons. The summed E-state index contributed by atoms with van der Waals surface area (Å²) in [5.74, 6) is -1.39. The molecule has 1 rings (SSSR count). The summed E-state index contributed by atoms with van der Waals surface area (Å²) in [5, 5.41) is 10.5. The molecular weight excluding hydrogens is 433 g/mol. The fourth-order valence-electron chi connectivity index (χ4n) is 1.17. The number of benzene rings is 1.